The fourth-order valence-electron chi connectivity index (χ4n) is 1.99. The molecule has 0 bridgehead atoms. The third-order valence-electron chi connectivity index (χ3n) is 3.04. The zero-order chi connectivity index (χ0) is 11.6. The molecular weight excluding hydrogens is 196 g/mol. The predicted octanol–water partition coefficient (Wildman–Crippen LogP) is 4.80. The predicted molar refractivity (Wildman–Crippen MR) is 70.9 cm³/mol. The monoisotopic (exact) mass is 221 g/mol. The van der Waals surface area contributed by atoms with Gasteiger partial charge in [0.25, 0.3) is 0 Å². The number of hydrogen-bond donors (Lipinski definition) is 1. The summed E-state index contributed by atoms with van der Waals surface area (Å²) in [7, 11) is 0. The minimum absolute atomic E-state index is 0. The minimum Gasteiger partial charge on any atom is -0.508 e. The highest BCUT2D eigenvalue weighted by atomic mass is 16.3. The number of benzene rings is 1. The van der Waals surface area contributed by atoms with E-state index >= 15 is 0 Å². The highest BCUT2D eigenvalue weighted by Gasteiger charge is 1.98. The molecule has 0 radical (unpaired) electrons. The molecule has 0 aliphatic heterocycles. The summed E-state index contributed by atoms with van der Waals surface area (Å²) in [6.45, 7) is 2.25. The number of aromatic hydroxyl groups is 1. The average molecular weight is 221 g/mol. The van der Waals surface area contributed by atoms with Crippen LogP contribution in [0, 0.1) is 0 Å². The quantitative estimate of drug-likeness (QED) is 0.625. The van der Waals surface area contributed by atoms with Crippen molar-refractivity contribution in [3.63, 3.8) is 0 Å². The maximum absolute atomic E-state index is 9.58. The topological polar surface area (TPSA) is 20.2 Å². The Labute approximate surface area is 101 Å². The van der Waals surface area contributed by atoms with Crippen molar-refractivity contribution in [3.05, 3.63) is 29.8 Å². The lowest BCUT2D eigenvalue weighted by Gasteiger charge is -2.04. The van der Waals surface area contributed by atoms with E-state index in [1.54, 1.807) is 6.07 Å². The smallest absolute Gasteiger partial charge is 0.508 e. The number of rotatable bonds is 8. The van der Waals surface area contributed by atoms with Gasteiger partial charge in [-0.2, -0.15) is 0 Å². The third-order valence-corrected chi connectivity index (χ3v) is 3.04. The maximum atomic E-state index is 9.58. The van der Waals surface area contributed by atoms with Crippen LogP contribution < -0.4 is 0 Å². The normalized spacial score (nSPS) is 10.6. The Morgan fingerprint density at radius 3 is 2.25 bits per heavy atom. The molecule has 16 heavy (non-hydrogen) atoms. The van der Waals surface area contributed by atoms with E-state index in [1.807, 2.05) is 18.2 Å². The lowest BCUT2D eigenvalue weighted by molar-refractivity contribution is 0.466. The van der Waals surface area contributed by atoms with Gasteiger partial charge in [0.15, 0.2) is 0 Å². The van der Waals surface area contributed by atoms with Gasteiger partial charge in [-0.25, -0.2) is 0 Å². The van der Waals surface area contributed by atoms with Gasteiger partial charge in [0.2, 0.25) is 0 Å². The molecule has 1 heteroatoms. The second-order valence-corrected chi connectivity index (χ2v) is 4.50. The minimum atomic E-state index is 0. The molecule has 0 saturated heterocycles. The van der Waals surface area contributed by atoms with Gasteiger partial charge in [0.05, 0.1) is 0 Å². The van der Waals surface area contributed by atoms with Gasteiger partial charge in [0.1, 0.15) is 5.75 Å². The summed E-state index contributed by atoms with van der Waals surface area (Å²) in [5, 5.41) is 9.58. The van der Waals surface area contributed by atoms with E-state index in [0.717, 1.165) is 12.0 Å². The van der Waals surface area contributed by atoms with E-state index < -0.39 is 0 Å². The summed E-state index contributed by atoms with van der Waals surface area (Å²) < 4.78 is 0. The molecule has 0 saturated carbocycles. The summed E-state index contributed by atoms with van der Waals surface area (Å²) in [5.41, 5.74) is 1.09. The van der Waals surface area contributed by atoms with Crippen molar-refractivity contribution in [2.45, 2.75) is 58.3 Å². The Balaban J connectivity index is 0.00000256. The Morgan fingerprint density at radius 1 is 0.938 bits per heavy atom. The van der Waals surface area contributed by atoms with Crippen LogP contribution in [0.25, 0.3) is 0 Å². The van der Waals surface area contributed by atoms with Crippen LogP contribution in [0.2, 0.25) is 0 Å². The summed E-state index contributed by atoms with van der Waals surface area (Å²) in [6.07, 6.45) is 10.3. The van der Waals surface area contributed by atoms with Crippen molar-refractivity contribution < 1.29 is 6.53 Å². The average Bonchev–Trinajstić information content (AvgIpc) is 2.30. The first-order valence-corrected chi connectivity index (χ1v) is 6.61. The van der Waals surface area contributed by atoms with Crippen LogP contribution in [0.1, 0.15) is 58.9 Å². The molecule has 0 aromatic heterocycles. The van der Waals surface area contributed by atoms with E-state index in [9.17, 15) is 5.11 Å². The summed E-state index contributed by atoms with van der Waals surface area (Å²) >= 11 is 0. The molecule has 0 fully saturated rings. The fraction of sp³-hybridized carbons (Fsp3) is 0.600. The molecule has 1 aromatic carbocycles. The number of phenolic OH excluding ortho intramolecular Hbond substituents is 1. The zero-order valence-corrected chi connectivity index (χ0v) is 10.4. The van der Waals surface area contributed by atoms with Crippen LogP contribution in [0.15, 0.2) is 24.3 Å². The second-order valence-electron chi connectivity index (χ2n) is 4.50. The van der Waals surface area contributed by atoms with Crippen LogP contribution >= 0.6 is 0 Å². The first-order valence-electron chi connectivity index (χ1n) is 6.61. The molecule has 1 aromatic rings. The highest BCUT2D eigenvalue weighted by molar-refractivity contribution is 5.31. The van der Waals surface area contributed by atoms with Crippen molar-refractivity contribution in [1.82, 2.24) is 0 Å². The van der Waals surface area contributed by atoms with E-state index in [0.29, 0.717) is 5.75 Å². The third kappa shape index (κ3) is 5.20. The molecule has 1 N–H and O–H groups in total. The molecule has 1 rings (SSSR count). The van der Waals surface area contributed by atoms with Gasteiger partial charge in [-0.15, -0.1) is 0 Å². The Morgan fingerprint density at radius 2 is 1.56 bits per heavy atom. The first kappa shape index (κ1) is 13.1. The van der Waals surface area contributed by atoms with Crippen LogP contribution in [0.4, 0.5) is 0 Å². The van der Waals surface area contributed by atoms with Gasteiger partial charge in [-0.1, -0.05) is 63.6 Å². The van der Waals surface area contributed by atoms with Gasteiger partial charge in [-0.3, -0.25) is 0 Å². The van der Waals surface area contributed by atoms with Crippen molar-refractivity contribution in [2.24, 2.45) is 0 Å². The standard InChI is InChI=1S/C15H24O/c1-2-3-4-5-6-7-8-11-14-12-9-10-13-15(14)16/h9-10,12-13,16H,2-8,11H2,1H3/p+1. The molecule has 0 unspecified atom stereocenters. The molecule has 0 aliphatic carbocycles. The largest absolute Gasteiger partial charge is 1.00 e. The molecular formula is C15H25O+. The molecule has 0 aliphatic rings. The highest BCUT2D eigenvalue weighted by Crippen LogP contribution is 2.18. The summed E-state index contributed by atoms with van der Waals surface area (Å²) in [4.78, 5) is 0. The van der Waals surface area contributed by atoms with Crippen LogP contribution in [-0.2, 0) is 6.42 Å². The Hall–Kier alpha value is -0.980. The second kappa shape index (κ2) is 8.20. The van der Waals surface area contributed by atoms with Crippen LogP contribution in [0.3, 0.4) is 0 Å². The Bertz CT molecular complexity index is 286. The molecule has 0 amide bonds. The van der Waals surface area contributed by atoms with E-state index in [2.05, 4.69) is 6.92 Å². The van der Waals surface area contributed by atoms with Crippen molar-refractivity contribution >= 4 is 0 Å². The van der Waals surface area contributed by atoms with Crippen molar-refractivity contribution in [2.75, 3.05) is 0 Å². The van der Waals surface area contributed by atoms with E-state index in [1.165, 1.54) is 44.9 Å². The van der Waals surface area contributed by atoms with Gasteiger partial charge < -0.3 is 5.11 Å². The van der Waals surface area contributed by atoms with Crippen molar-refractivity contribution in [3.8, 4) is 5.75 Å². The van der Waals surface area contributed by atoms with E-state index in [-0.39, 0.29) is 1.43 Å². The maximum Gasteiger partial charge on any atom is 1.00 e. The molecule has 0 heterocycles. The molecule has 0 spiro atoms. The van der Waals surface area contributed by atoms with E-state index in [4.69, 9.17) is 0 Å². The lowest BCUT2D eigenvalue weighted by Crippen LogP contribution is -1.87. The van der Waals surface area contributed by atoms with Crippen LogP contribution in [0.5, 0.6) is 5.75 Å². The SMILES string of the molecule is CCCCCCCCCc1ccccc1O.[H+]. The van der Waals surface area contributed by atoms with Gasteiger partial charge in [0, 0.05) is 0 Å². The lowest BCUT2D eigenvalue weighted by atomic mass is 10.0. The zero-order valence-electron chi connectivity index (χ0n) is 11.4. The molecule has 90 valence electrons. The number of unbranched alkanes of at least 4 members (excludes halogenated alkanes) is 6. The number of hydrogen-bond acceptors (Lipinski definition) is 1. The fourth-order valence-corrected chi connectivity index (χ4v) is 1.99. The van der Waals surface area contributed by atoms with Crippen molar-refractivity contribution in [1.29, 1.82) is 0 Å². The number of para-hydroxylation sites is 1. The van der Waals surface area contributed by atoms with Crippen LogP contribution in [-0.4, -0.2) is 5.11 Å². The first-order chi connectivity index (χ1) is 7.84. The Kier molecular flexibility index (Phi) is 6.71. The van der Waals surface area contributed by atoms with Gasteiger partial charge >= 0.3 is 1.43 Å². The number of phenols is 1. The number of aryl methyl sites for hydroxylation is 1. The molecule has 0 atom stereocenters. The van der Waals surface area contributed by atoms with Gasteiger partial charge in [-0.05, 0) is 24.5 Å². The molecule has 1 nitrogen and oxygen atoms in total. The summed E-state index contributed by atoms with van der Waals surface area (Å²) in [6, 6.07) is 7.67. The summed E-state index contributed by atoms with van der Waals surface area (Å²) in [5.74, 6) is 0.452.